The van der Waals surface area contributed by atoms with Gasteiger partial charge in [0.1, 0.15) is 19.3 Å². The van der Waals surface area contributed by atoms with E-state index < -0.39 is 0 Å². The number of amides is 1. The molecular formula is C15H18N4O3. The Morgan fingerprint density at radius 2 is 2.27 bits per heavy atom. The molecule has 2 aromatic rings. The molecule has 0 unspecified atom stereocenters. The minimum atomic E-state index is -0.203. The number of fused-ring (bicyclic) bond motifs is 1. The van der Waals surface area contributed by atoms with Crippen LogP contribution in [0.2, 0.25) is 0 Å². The number of nitrogens with one attached hydrogen (secondary N) is 1. The second kappa shape index (κ2) is 6.46. The zero-order valence-corrected chi connectivity index (χ0v) is 12.3. The van der Waals surface area contributed by atoms with E-state index in [0.717, 1.165) is 5.75 Å². The maximum atomic E-state index is 12.0. The van der Waals surface area contributed by atoms with Crippen LogP contribution in [-0.2, 0) is 11.3 Å². The molecule has 0 aliphatic carbocycles. The highest BCUT2D eigenvalue weighted by atomic mass is 16.6. The van der Waals surface area contributed by atoms with E-state index in [2.05, 4.69) is 15.4 Å². The molecule has 0 bridgehead atoms. The molecule has 7 heteroatoms. The molecule has 1 amide bonds. The maximum absolute atomic E-state index is 12.0. The van der Waals surface area contributed by atoms with Gasteiger partial charge in [-0.1, -0.05) is 12.1 Å². The van der Waals surface area contributed by atoms with Gasteiger partial charge in [0.15, 0.2) is 17.6 Å². The van der Waals surface area contributed by atoms with Gasteiger partial charge >= 0.3 is 0 Å². The molecule has 2 atom stereocenters. The Bertz CT molecular complexity index is 629. The summed E-state index contributed by atoms with van der Waals surface area (Å²) in [6.07, 6.45) is 3.18. The minimum Gasteiger partial charge on any atom is -0.486 e. The summed E-state index contributed by atoms with van der Waals surface area (Å²) in [6.45, 7) is 2.83. The van der Waals surface area contributed by atoms with E-state index in [4.69, 9.17) is 9.47 Å². The van der Waals surface area contributed by atoms with Gasteiger partial charge in [-0.3, -0.25) is 9.48 Å². The first-order chi connectivity index (χ1) is 10.7. The van der Waals surface area contributed by atoms with Gasteiger partial charge < -0.3 is 14.8 Å². The molecule has 0 radical (unpaired) electrons. The average molecular weight is 302 g/mol. The Labute approximate surface area is 128 Å². The summed E-state index contributed by atoms with van der Waals surface area (Å²) < 4.78 is 13.2. The van der Waals surface area contributed by atoms with Crippen molar-refractivity contribution in [1.29, 1.82) is 0 Å². The normalized spacial score (nSPS) is 17.8. The van der Waals surface area contributed by atoms with Gasteiger partial charge in [0, 0.05) is 6.42 Å². The number of carbonyl (C=O) groups is 1. The third-order valence-corrected chi connectivity index (χ3v) is 3.51. The highest BCUT2D eigenvalue weighted by molar-refractivity contribution is 5.76. The predicted molar refractivity (Wildman–Crippen MR) is 78.6 cm³/mol. The second-order valence-corrected chi connectivity index (χ2v) is 5.18. The van der Waals surface area contributed by atoms with E-state index in [1.807, 2.05) is 31.2 Å². The Morgan fingerprint density at radius 1 is 1.45 bits per heavy atom. The van der Waals surface area contributed by atoms with Crippen molar-refractivity contribution >= 4 is 5.91 Å². The summed E-state index contributed by atoms with van der Waals surface area (Å²) in [6, 6.07) is 7.38. The topological polar surface area (TPSA) is 78.3 Å². The Balaban J connectivity index is 1.50. The molecule has 0 fully saturated rings. The van der Waals surface area contributed by atoms with Crippen molar-refractivity contribution in [1.82, 2.24) is 20.1 Å². The van der Waals surface area contributed by atoms with Gasteiger partial charge in [-0.2, -0.15) is 5.10 Å². The number of aromatic nitrogens is 3. The summed E-state index contributed by atoms with van der Waals surface area (Å²) in [7, 11) is 0. The van der Waals surface area contributed by atoms with Crippen molar-refractivity contribution < 1.29 is 14.3 Å². The van der Waals surface area contributed by atoms with Gasteiger partial charge in [0.2, 0.25) is 5.91 Å². The summed E-state index contributed by atoms with van der Waals surface area (Å²) in [5.41, 5.74) is 0. The van der Waals surface area contributed by atoms with Gasteiger partial charge in [-0.05, 0) is 19.1 Å². The molecule has 22 heavy (non-hydrogen) atoms. The first kappa shape index (κ1) is 14.4. The van der Waals surface area contributed by atoms with Crippen LogP contribution in [0, 0.1) is 0 Å². The lowest BCUT2D eigenvalue weighted by Gasteiger charge is -2.30. The Kier molecular flexibility index (Phi) is 4.22. The molecule has 2 heterocycles. The first-order valence-corrected chi connectivity index (χ1v) is 7.22. The monoisotopic (exact) mass is 302 g/mol. The van der Waals surface area contributed by atoms with Gasteiger partial charge in [0.05, 0.1) is 12.6 Å². The van der Waals surface area contributed by atoms with E-state index in [-0.39, 0.29) is 18.1 Å². The minimum absolute atomic E-state index is 0.0505. The largest absolute Gasteiger partial charge is 0.486 e. The highest BCUT2D eigenvalue weighted by Gasteiger charge is 2.26. The van der Waals surface area contributed by atoms with Crippen LogP contribution in [0.25, 0.3) is 0 Å². The summed E-state index contributed by atoms with van der Waals surface area (Å²) >= 11 is 0. The van der Waals surface area contributed by atoms with Crippen molar-refractivity contribution in [2.45, 2.75) is 32.0 Å². The van der Waals surface area contributed by atoms with E-state index in [0.29, 0.717) is 25.3 Å². The van der Waals surface area contributed by atoms with Crippen LogP contribution in [0.5, 0.6) is 11.5 Å². The number of ether oxygens (including phenoxy) is 2. The van der Waals surface area contributed by atoms with E-state index >= 15 is 0 Å². The molecule has 3 rings (SSSR count). The molecule has 1 aromatic heterocycles. The summed E-state index contributed by atoms with van der Waals surface area (Å²) in [4.78, 5) is 15.8. The van der Waals surface area contributed by atoms with Crippen LogP contribution in [0.15, 0.2) is 36.9 Å². The average Bonchev–Trinajstić information content (AvgIpc) is 3.06. The number of benzene rings is 1. The second-order valence-electron chi connectivity index (χ2n) is 5.18. The van der Waals surface area contributed by atoms with Crippen molar-refractivity contribution in [2.24, 2.45) is 0 Å². The van der Waals surface area contributed by atoms with E-state index in [1.165, 1.54) is 6.33 Å². The molecule has 1 aromatic carbocycles. The fourth-order valence-electron chi connectivity index (χ4n) is 2.27. The number of hydrogen-bond acceptors (Lipinski definition) is 5. The maximum Gasteiger partial charge on any atom is 0.222 e. The van der Waals surface area contributed by atoms with Crippen LogP contribution in [-0.4, -0.2) is 39.4 Å². The molecule has 116 valence electrons. The van der Waals surface area contributed by atoms with Crippen molar-refractivity contribution in [3.63, 3.8) is 0 Å². The van der Waals surface area contributed by atoms with Crippen LogP contribution in [0.4, 0.5) is 0 Å². The van der Waals surface area contributed by atoms with Gasteiger partial charge in [0.25, 0.3) is 0 Å². The van der Waals surface area contributed by atoms with Crippen LogP contribution in [0.1, 0.15) is 13.3 Å². The molecule has 1 aliphatic rings. The third-order valence-electron chi connectivity index (χ3n) is 3.51. The first-order valence-electron chi connectivity index (χ1n) is 7.22. The highest BCUT2D eigenvalue weighted by Crippen LogP contribution is 2.31. The zero-order valence-electron chi connectivity index (χ0n) is 12.3. The third kappa shape index (κ3) is 3.36. The number of hydrogen-bond donors (Lipinski definition) is 1. The SMILES string of the molecule is C[C@@H](NC(=O)CCn1cncn1)[C@H]1COc2ccccc2O1. The number of carbonyl (C=O) groups excluding carboxylic acids is 1. The Morgan fingerprint density at radius 3 is 3.05 bits per heavy atom. The molecule has 1 N–H and O–H groups in total. The summed E-state index contributed by atoms with van der Waals surface area (Å²) in [5.74, 6) is 1.40. The smallest absolute Gasteiger partial charge is 0.222 e. The predicted octanol–water partition coefficient (Wildman–Crippen LogP) is 1.01. The lowest BCUT2D eigenvalue weighted by atomic mass is 10.1. The number of nitrogens with zero attached hydrogens (tertiary/aromatic N) is 3. The number of rotatable bonds is 5. The van der Waals surface area contributed by atoms with Gasteiger partial charge in [-0.25, -0.2) is 4.98 Å². The summed E-state index contributed by atoms with van der Waals surface area (Å²) in [5, 5.41) is 6.90. The molecule has 7 nitrogen and oxygen atoms in total. The van der Waals surface area contributed by atoms with Crippen LogP contribution >= 0.6 is 0 Å². The van der Waals surface area contributed by atoms with Gasteiger partial charge in [-0.15, -0.1) is 0 Å². The molecule has 0 saturated heterocycles. The van der Waals surface area contributed by atoms with E-state index in [1.54, 1.807) is 11.0 Å². The van der Waals surface area contributed by atoms with Crippen LogP contribution in [0.3, 0.4) is 0 Å². The quantitative estimate of drug-likeness (QED) is 0.892. The van der Waals surface area contributed by atoms with Crippen LogP contribution < -0.4 is 14.8 Å². The van der Waals surface area contributed by atoms with Crippen molar-refractivity contribution in [2.75, 3.05) is 6.61 Å². The standard InChI is InChI=1S/C15H18N4O3/c1-11(18-15(20)6-7-19-10-16-9-17-19)14-8-21-12-4-2-3-5-13(12)22-14/h2-5,9-11,14H,6-8H2,1H3,(H,18,20)/t11-,14-/m1/s1. The van der Waals surface area contributed by atoms with E-state index in [9.17, 15) is 4.79 Å². The molecule has 0 saturated carbocycles. The fourth-order valence-corrected chi connectivity index (χ4v) is 2.27. The molecular weight excluding hydrogens is 284 g/mol. The number of para-hydroxylation sites is 2. The molecule has 0 spiro atoms. The molecule has 1 aliphatic heterocycles. The van der Waals surface area contributed by atoms with Crippen molar-refractivity contribution in [3.8, 4) is 11.5 Å². The lowest BCUT2D eigenvalue weighted by molar-refractivity contribution is -0.122. The Hall–Kier alpha value is -2.57. The lowest BCUT2D eigenvalue weighted by Crippen LogP contribution is -2.48. The fraction of sp³-hybridized carbons (Fsp3) is 0.400. The van der Waals surface area contributed by atoms with Crippen molar-refractivity contribution in [3.05, 3.63) is 36.9 Å². The zero-order chi connectivity index (χ0) is 15.4. The number of aryl methyl sites for hydroxylation is 1.